The number of nitrogens with zero attached hydrogens (tertiary/aromatic N) is 2. The number of hydrogen-bond acceptors (Lipinski definition) is 4. The van der Waals surface area contributed by atoms with E-state index in [1.165, 1.54) is 6.33 Å². The number of hydrogen-bond donors (Lipinski definition) is 1. The van der Waals surface area contributed by atoms with E-state index in [0.29, 0.717) is 21.6 Å². The highest BCUT2D eigenvalue weighted by molar-refractivity contribution is 7.99. The number of halogens is 2. The molecule has 20 heavy (non-hydrogen) atoms. The molecular formula is C14H9F2N3S. The number of anilines is 1. The summed E-state index contributed by atoms with van der Waals surface area (Å²) in [5, 5.41) is 1.24. The van der Waals surface area contributed by atoms with Gasteiger partial charge in [-0.3, -0.25) is 0 Å². The molecule has 0 bridgehead atoms. The van der Waals surface area contributed by atoms with Gasteiger partial charge >= 0.3 is 0 Å². The largest absolute Gasteiger partial charge is 0.399 e. The standard InChI is InChI=1S/C14H9F2N3S/c15-8-1-3-11(16)13(5-8)20-14-10-6-9(17)2-4-12(10)18-7-19-14/h1-7H,17H2. The first-order valence-corrected chi connectivity index (χ1v) is 6.58. The molecule has 0 fully saturated rings. The van der Waals surface area contributed by atoms with E-state index >= 15 is 0 Å². The van der Waals surface area contributed by atoms with Crippen LogP contribution in [0.25, 0.3) is 10.9 Å². The molecule has 2 N–H and O–H groups in total. The Labute approximate surface area is 117 Å². The fourth-order valence-electron chi connectivity index (χ4n) is 1.79. The molecule has 0 saturated carbocycles. The van der Waals surface area contributed by atoms with Crippen molar-refractivity contribution in [2.45, 2.75) is 9.92 Å². The molecule has 0 unspecified atom stereocenters. The Kier molecular flexibility index (Phi) is 3.23. The Morgan fingerprint density at radius 1 is 1.00 bits per heavy atom. The van der Waals surface area contributed by atoms with Crippen LogP contribution in [0.3, 0.4) is 0 Å². The van der Waals surface area contributed by atoms with Gasteiger partial charge in [0.2, 0.25) is 0 Å². The van der Waals surface area contributed by atoms with Gasteiger partial charge in [-0.05, 0) is 36.4 Å². The highest BCUT2D eigenvalue weighted by atomic mass is 32.2. The second-order valence-corrected chi connectivity index (χ2v) is 5.16. The van der Waals surface area contributed by atoms with Gasteiger partial charge in [-0.15, -0.1) is 0 Å². The summed E-state index contributed by atoms with van der Waals surface area (Å²) in [6.45, 7) is 0. The van der Waals surface area contributed by atoms with Crippen LogP contribution >= 0.6 is 11.8 Å². The van der Waals surface area contributed by atoms with Crippen molar-refractivity contribution in [3.63, 3.8) is 0 Å². The Balaban J connectivity index is 2.10. The Bertz CT molecular complexity index is 792. The van der Waals surface area contributed by atoms with Gasteiger partial charge in [-0.2, -0.15) is 0 Å². The molecule has 0 aliphatic carbocycles. The summed E-state index contributed by atoms with van der Waals surface area (Å²) >= 11 is 1.04. The second kappa shape index (κ2) is 5.05. The van der Waals surface area contributed by atoms with Crippen LogP contribution in [-0.2, 0) is 0 Å². The van der Waals surface area contributed by atoms with Crippen LogP contribution in [0, 0.1) is 11.6 Å². The number of rotatable bonds is 2. The van der Waals surface area contributed by atoms with Crippen LogP contribution in [0.1, 0.15) is 0 Å². The maximum atomic E-state index is 13.7. The van der Waals surface area contributed by atoms with Gasteiger partial charge in [-0.1, -0.05) is 11.8 Å². The highest BCUT2D eigenvalue weighted by Gasteiger charge is 2.10. The number of benzene rings is 2. The van der Waals surface area contributed by atoms with Crippen LogP contribution in [0.15, 0.2) is 52.6 Å². The molecule has 0 spiro atoms. The lowest BCUT2D eigenvalue weighted by Crippen LogP contribution is -1.91. The SMILES string of the molecule is Nc1ccc2ncnc(Sc3cc(F)ccc3F)c2c1. The maximum absolute atomic E-state index is 13.7. The van der Waals surface area contributed by atoms with Crippen molar-refractivity contribution in [1.29, 1.82) is 0 Å². The second-order valence-electron chi connectivity index (χ2n) is 4.13. The molecule has 0 amide bonds. The van der Waals surface area contributed by atoms with E-state index in [0.717, 1.165) is 30.0 Å². The lowest BCUT2D eigenvalue weighted by atomic mass is 10.2. The fourth-order valence-corrected chi connectivity index (χ4v) is 2.71. The number of aromatic nitrogens is 2. The van der Waals surface area contributed by atoms with E-state index in [9.17, 15) is 8.78 Å². The number of fused-ring (bicyclic) bond motifs is 1. The third-order valence-electron chi connectivity index (χ3n) is 2.72. The van der Waals surface area contributed by atoms with Crippen LogP contribution in [-0.4, -0.2) is 9.97 Å². The Morgan fingerprint density at radius 2 is 1.85 bits per heavy atom. The molecule has 0 aliphatic rings. The Hall–Kier alpha value is -2.21. The average molecular weight is 289 g/mol. The number of nitrogens with two attached hydrogens (primary N) is 1. The zero-order chi connectivity index (χ0) is 14.1. The van der Waals surface area contributed by atoms with Gasteiger partial charge in [-0.25, -0.2) is 18.7 Å². The molecular weight excluding hydrogens is 280 g/mol. The number of nitrogen functional groups attached to an aromatic ring is 1. The lowest BCUT2D eigenvalue weighted by Gasteiger charge is -2.06. The summed E-state index contributed by atoms with van der Waals surface area (Å²) < 4.78 is 26.9. The van der Waals surface area contributed by atoms with Gasteiger partial charge < -0.3 is 5.73 Å². The molecule has 0 aliphatic heterocycles. The van der Waals surface area contributed by atoms with E-state index in [1.807, 2.05) is 0 Å². The summed E-state index contributed by atoms with van der Waals surface area (Å²) in [7, 11) is 0. The zero-order valence-electron chi connectivity index (χ0n) is 10.2. The van der Waals surface area contributed by atoms with Crippen molar-refractivity contribution >= 4 is 28.4 Å². The van der Waals surface area contributed by atoms with Gasteiger partial charge in [0.05, 0.1) is 10.4 Å². The van der Waals surface area contributed by atoms with E-state index in [4.69, 9.17) is 5.73 Å². The summed E-state index contributed by atoms with van der Waals surface area (Å²) in [5.41, 5.74) is 7.01. The van der Waals surface area contributed by atoms with Gasteiger partial charge in [0.1, 0.15) is 23.0 Å². The van der Waals surface area contributed by atoms with Crippen molar-refractivity contribution < 1.29 is 8.78 Å². The lowest BCUT2D eigenvalue weighted by molar-refractivity contribution is 0.577. The van der Waals surface area contributed by atoms with Crippen molar-refractivity contribution in [2.75, 3.05) is 5.73 Å². The predicted molar refractivity (Wildman–Crippen MR) is 74.4 cm³/mol. The van der Waals surface area contributed by atoms with E-state index < -0.39 is 11.6 Å². The normalized spacial score (nSPS) is 10.9. The van der Waals surface area contributed by atoms with Crippen LogP contribution in [0.5, 0.6) is 0 Å². The molecule has 3 nitrogen and oxygen atoms in total. The van der Waals surface area contributed by atoms with Crippen molar-refractivity contribution in [3.05, 3.63) is 54.4 Å². The molecule has 6 heteroatoms. The average Bonchev–Trinajstić information content (AvgIpc) is 2.43. The van der Waals surface area contributed by atoms with E-state index in [1.54, 1.807) is 18.2 Å². The summed E-state index contributed by atoms with van der Waals surface area (Å²) in [6.07, 6.45) is 1.39. The summed E-state index contributed by atoms with van der Waals surface area (Å²) in [5.74, 6) is -0.987. The quantitative estimate of drug-likeness (QED) is 0.578. The molecule has 1 aromatic heterocycles. The molecule has 0 radical (unpaired) electrons. The molecule has 0 saturated heterocycles. The first-order chi connectivity index (χ1) is 9.63. The van der Waals surface area contributed by atoms with Gasteiger partial charge in [0.25, 0.3) is 0 Å². The third-order valence-corrected chi connectivity index (χ3v) is 3.77. The van der Waals surface area contributed by atoms with Gasteiger partial charge in [0.15, 0.2) is 0 Å². The molecule has 2 aromatic carbocycles. The monoisotopic (exact) mass is 289 g/mol. The van der Waals surface area contributed by atoms with Crippen molar-refractivity contribution in [3.8, 4) is 0 Å². The fraction of sp³-hybridized carbons (Fsp3) is 0. The molecule has 100 valence electrons. The first kappa shape index (κ1) is 12.8. The molecule has 3 rings (SSSR count). The van der Waals surface area contributed by atoms with E-state index in [-0.39, 0.29) is 4.90 Å². The Morgan fingerprint density at radius 3 is 2.70 bits per heavy atom. The van der Waals surface area contributed by atoms with Crippen LogP contribution in [0.4, 0.5) is 14.5 Å². The smallest absolute Gasteiger partial charge is 0.137 e. The molecule has 0 atom stereocenters. The highest BCUT2D eigenvalue weighted by Crippen LogP contribution is 2.33. The first-order valence-electron chi connectivity index (χ1n) is 5.76. The van der Waals surface area contributed by atoms with Crippen molar-refractivity contribution in [2.24, 2.45) is 0 Å². The van der Waals surface area contributed by atoms with Crippen LogP contribution in [0.2, 0.25) is 0 Å². The maximum Gasteiger partial charge on any atom is 0.137 e. The van der Waals surface area contributed by atoms with Crippen LogP contribution < -0.4 is 5.73 Å². The predicted octanol–water partition coefficient (Wildman–Crippen LogP) is 3.64. The minimum Gasteiger partial charge on any atom is -0.399 e. The topological polar surface area (TPSA) is 51.8 Å². The third kappa shape index (κ3) is 2.42. The molecule has 3 aromatic rings. The minimum absolute atomic E-state index is 0.174. The summed E-state index contributed by atoms with van der Waals surface area (Å²) in [6, 6.07) is 8.52. The molecule has 1 heterocycles. The van der Waals surface area contributed by atoms with Gasteiger partial charge in [0, 0.05) is 11.1 Å². The van der Waals surface area contributed by atoms with Crippen molar-refractivity contribution in [1.82, 2.24) is 9.97 Å². The summed E-state index contributed by atoms with van der Waals surface area (Å²) in [4.78, 5) is 8.41. The minimum atomic E-state index is -0.494. The van der Waals surface area contributed by atoms with E-state index in [2.05, 4.69) is 9.97 Å². The zero-order valence-corrected chi connectivity index (χ0v) is 11.0.